The van der Waals surface area contributed by atoms with Crippen molar-refractivity contribution >= 4 is 23.0 Å². The summed E-state index contributed by atoms with van der Waals surface area (Å²) in [4.78, 5) is 10.9. The molecule has 2 heterocycles. The maximum atomic E-state index is 11.3. The van der Waals surface area contributed by atoms with Crippen LogP contribution in [0.4, 0.5) is 5.69 Å². The van der Waals surface area contributed by atoms with Crippen LogP contribution in [0.25, 0.3) is 0 Å². The highest BCUT2D eigenvalue weighted by Crippen LogP contribution is 2.48. The highest BCUT2D eigenvalue weighted by molar-refractivity contribution is 6.30. The van der Waals surface area contributed by atoms with Gasteiger partial charge in [-0.15, -0.1) is 0 Å². The highest BCUT2D eigenvalue weighted by atomic mass is 35.5. The van der Waals surface area contributed by atoms with Crippen LogP contribution in [0.5, 0.6) is 5.75 Å². The van der Waals surface area contributed by atoms with E-state index in [1.165, 1.54) is 6.07 Å². The molecule has 0 fully saturated rings. The van der Waals surface area contributed by atoms with E-state index in [4.69, 9.17) is 21.4 Å². The molecule has 0 N–H and O–H groups in total. The minimum Gasteiger partial charge on any atom is -0.464 e. The Balaban J connectivity index is 1.62. The molecule has 0 saturated carbocycles. The fourth-order valence-electron chi connectivity index (χ4n) is 3.87. The van der Waals surface area contributed by atoms with E-state index in [1.54, 1.807) is 12.1 Å². The van der Waals surface area contributed by atoms with E-state index in [0.29, 0.717) is 17.2 Å². The van der Waals surface area contributed by atoms with E-state index >= 15 is 0 Å². The zero-order chi connectivity index (χ0) is 20.0. The molecule has 5 rings (SSSR count). The van der Waals surface area contributed by atoms with Gasteiger partial charge < -0.3 is 4.74 Å². The van der Waals surface area contributed by atoms with Crippen molar-refractivity contribution in [2.45, 2.75) is 18.7 Å². The molecule has 2 unspecified atom stereocenters. The smallest absolute Gasteiger partial charge is 0.270 e. The molecule has 7 heteroatoms. The maximum absolute atomic E-state index is 11.3. The molecule has 3 aromatic carbocycles. The topological polar surface area (TPSA) is 68.0 Å². The average molecular weight is 406 g/mol. The molecule has 0 spiro atoms. The van der Waals surface area contributed by atoms with Crippen molar-refractivity contribution in [1.82, 2.24) is 5.01 Å². The normalized spacial score (nSPS) is 19.8. The van der Waals surface area contributed by atoms with Crippen molar-refractivity contribution in [3.05, 3.63) is 105 Å². The van der Waals surface area contributed by atoms with Gasteiger partial charge in [0.05, 0.1) is 16.7 Å². The quantitative estimate of drug-likeness (QED) is 0.426. The number of ether oxygens (including phenoxy) is 1. The van der Waals surface area contributed by atoms with Gasteiger partial charge in [0, 0.05) is 34.7 Å². The summed E-state index contributed by atoms with van der Waals surface area (Å²) in [6.07, 6.45) is 0.173. The third-order valence-corrected chi connectivity index (χ3v) is 5.46. The molecule has 0 aliphatic carbocycles. The fourth-order valence-corrected chi connectivity index (χ4v) is 4.07. The van der Waals surface area contributed by atoms with E-state index in [0.717, 1.165) is 22.4 Å². The predicted molar refractivity (Wildman–Crippen MR) is 110 cm³/mol. The Morgan fingerprint density at radius 2 is 1.90 bits per heavy atom. The fraction of sp³-hybridized carbons (Fsp3) is 0.136. The Bertz CT molecular complexity index is 1130. The van der Waals surface area contributed by atoms with Gasteiger partial charge >= 0.3 is 0 Å². The number of hydrazone groups is 1. The molecule has 0 bridgehead atoms. The summed E-state index contributed by atoms with van der Waals surface area (Å²) in [5.41, 5.74) is 3.64. The van der Waals surface area contributed by atoms with Crippen LogP contribution in [-0.4, -0.2) is 15.6 Å². The molecule has 2 aliphatic rings. The van der Waals surface area contributed by atoms with Crippen LogP contribution in [0.3, 0.4) is 0 Å². The molecule has 144 valence electrons. The van der Waals surface area contributed by atoms with Gasteiger partial charge in [0.15, 0.2) is 0 Å². The van der Waals surface area contributed by atoms with E-state index < -0.39 is 6.23 Å². The van der Waals surface area contributed by atoms with Crippen molar-refractivity contribution in [3.8, 4) is 5.75 Å². The number of rotatable bonds is 3. The van der Waals surface area contributed by atoms with Gasteiger partial charge in [0.1, 0.15) is 5.75 Å². The largest absolute Gasteiger partial charge is 0.464 e. The number of non-ortho nitro benzene ring substituents is 1. The summed E-state index contributed by atoms with van der Waals surface area (Å²) >= 11 is 6.20. The zero-order valence-electron chi connectivity index (χ0n) is 15.2. The van der Waals surface area contributed by atoms with Gasteiger partial charge in [-0.3, -0.25) is 10.1 Å². The summed E-state index contributed by atoms with van der Waals surface area (Å²) in [7, 11) is 0. The van der Waals surface area contributed by atoms with Crippen molar-refractivity contribution in [2.75, 3.05) is 0 Å². The number of benzene rings is 3. The van der Waals surface area contributed by atoms with E-state index in [2.05, 4.69) is 0 Å². The number of hydrogen-bond acceptors (Lipinski definition) is 5. The summed E-state index contributed by atoms with van der Waals surface area (Å²) in [5.74, 6) is 0.631. The standard InChI is InChI=1S/C22H16ClN3O3/c23-16-8-4-7-15(11-16)22-25-20(13-19(24-25)14-5-2-1-3-6-14)18-12-17(26(27)28)9-10-21(18)29-22/h1-12,20,22H,13H2. The van der Waals surface area contributed by atoms with Crippen LogP contribution in [-0.2, 0) is 0 Å². The van der Waals surface area contributed by atoms with E-state index in [1.807, 2.05) is 59.6 Å². The molecular formula is C22H16ClN3O3. The van der Waals surface area contributed by atoms with Gasteiger partial charge in [-0.05, 0) is 23.8 Å². The third kappa shape index (κ3) is 3.11. The lowest BCUT2D eigenvalue weighted by molar-refractivity contribution is -0.385. The number of fused-ring (bicyclic) bond motifs is 3. The second-order valence-corrected chi connectivity index (χ2v) is 7.45. The molecule has 0 radical (unpaired) electrons. The second kappa shape index (κ2) is 6.90. The molecule has 29 heavy (non-hydrogen) atoms. The Kier molecular flexibility index (Phi) is 4.21. The summed E-state index contributed by atoms with van der Waals surface area (Å²) < 4.78 is 6.24. The van der Waals surface area contributed by atoms with Crippen LogP contribution in [0, 0.1) is 10.1 Å². The first-order chi connectivity index (χ1) is 14.1. The van der Waals surface area contributed by atoms with Gasteiger partial charge in [0.25, 0.3) is 5.69 Å². The van der Waals surface area contributed by atoms with Crippen molar-refractivity contribution in [1.29, 1.82) is 0 Å². The zero-order valence-corrected chi connectivity index (χ0v) is 16.0. The van der Waals surface area contributed by atoms with E-state index in [9.17, 15) is 10.1 Å². The average Bonchev–Trinajstić information content (AvgIpc) is 3.19. The minimum absolute atomic E-state index is 0.0432. The summed E-state index contributed by atoms with van der Waals surface area (Å²) in [6.45, 7) is 0. The van der Waals surface area contributed by atoms with Crippen LogP contribution < -0.4 is 4.74 Å². The molecule has 0 aromatic heterocycles. The molecule has 2 atom stereocenters. The molecular weight excluding hydrogens is 390 g/mol. The van der Waals surface area contributed by atoms with Gasteiger partial charge in [-0.1, -0.05) is 54.1 Å². The predicted octanol–water partition coefficient (Wildman–Crippen LogP) is 5.49. The van der Waals surface area contributed by atoms with Gasteiger partial charge in [0.2, 0.25) is 6.23 Å². The Morgan fingerprint density at radius 3 is 2.66 bits per heavy atom. The SMILES string of the molecule is O=[N+]([O-])c1ccc2c(c1)C1CC(c3ccccc3)=NN1C(c1cccc(Cl)c1)O2. The number of nitro groups is 1. The highest BCUT2D eigenvalue weighted by Gasteiger charge is 2.41. The Morgan fingerprint density at radius 1 is 1.07 bits per heavy atom. The first kappa shape index (κ1) is 17.7. The molecule has 3 aromatic rings. The number of halogens is 1. The molecule has 0 saturated heterocycles. The second-order valence-electron chi connectivity index (χ2n) is 7.02. The lowest BCUT2D eigenvalue weighted by atomic mass is 9.95. The Labute approximate surface area is 172 Å². The van der Waals surface area contributed by atoms with Crippen LogP contribution >= 0.6 is 11.6 Å². The van der Waals surface area contributed by atoms with Crippen LogP contribution in [0.2, 0.25) is 5.02 Å². The van der Waals surface area contributed by atoms with Crippen molar-refractivity contribution in [3.63, 3.8) is 0 Å². The first-order valence-electron chi connectivity index (χ1n) is 9.22. The summed E-state index contributed by atoms with van der Waals surface area (Å²) in [6, 6.07) is 22.0. The van der Waals surface area contributed by atoms with Gasteiger partial charge in [-0.2, -0.15) is 5.10 Å². The van der Waals surface area contributed by atoms with E-state index in [-0.39, 0.29) is 16.7 Å². The lowest BCUT2D eigenvalue weighted by Gasteiger charge is -2.38. The third-order valence-electron chi connectivity index (χ3n) is 5.23. The van der Waals surface area contributed by atoms with Crippen molar-refractivity contribution in [2.24, 2.45) is 5.10 Å². The van der Waals surface area contributed by atoms with Crippen molar-refractivity contribution < 1.29 is 9.66 Å². The molecule has 6 nitrogen and oxygen atoms in total. The number of nitro benzene ring substituents is 1. The first-order valence-corrected chi connectivity index (χ1v) is 9.59. The maximum Gasteiger partial charge on any atom is 0.270 e. The van der Waals surface area contributed by atoms with Crippen LogP contribution in [0.1, 0.15) is 35.4 Å². The minimum atomic E-state index is -0.464. The molecule has 0 amide bonds. The Hall–Kier alpha value is -3.38. The number of nitrogens with zero attached hydrogens (tertiary/aromatic N) is 3. The monoisotopic (exact) mass is 405 g/mol. The lowest BCUT2D eigenvalue weighted by Crippen LogP contribution is -2.33. The van der Waals surface area contributed by atoms with Gasteiger partial charge in [-0.25, -0.2) is 5.01 Å². The van der Waals surface area contributed by atoms with Crippen LogP contribution in [0.15, 0.2) is 77.9 Å². The number of hydrogen-bond donors (Lipinski definition) is 0. The molecule has 2 aliphatic heterocycles. The summed E-state index contributed by atoms with van der Waals surface area (Å²) in [5, 5.41) is 18.7.